The van der Waals surface area contributed by atoms with Crippen molar-refractivity contribution < 1.29 is 4.79 Å². The lowest BCUT2D eigenvalue weighted by atomic mass is 10.2. The zero-order valence-electron chi connectivity index (χ0n) is 20.7. The highest BCUT2D eigenvalue weighted by Crippen LogP contribution is 2.48. The lowest BCUT2D eigenvalue weighted by molar-refractivity contribution is 0.107. The molecule has 0 radical (unpaired) electrons. The number of Topliss-reactive ketones (excluding diaryl/α,β-unsaturated/α-hetero) is 1. The molecule has 37 heavy (non-hydrogen) atoms. The topological polar surface area (TPSA) is 17.1 Å². The molecule has 0 spiro atoms. The number of rotatable bonds is 9. The molecule has 0 atom stereocenters. The van der Waals surface area contributed by atoms with Crippen LogP contribution in [-0.2, 0) is 0 Å². The summed E-state index contributed by atoms with van der Waals surface area (Å²) in [7, 11) is -0.579. The third-order valence-corrected chi connectivity index (χ3v) is 13.6. The lowest BCUT2D eigenvalue weighted by Gasteiger charge is -2.30. The van der Waals surface area contributed by atoms with E-state index in [0.29, 0.717) is 0 Å². The minimum Gasteiger partial charge on any atom is -0.289 e. The van der Waals surface area contributed by atoms with Crippen LogP contribution < -0.4 is 21.2 Å². The van der Waals surface area contributed by atoms with Crippen molar-refractivity contribution in [3.63, 3.8) is 0 Å². The summed E-state index contributed by atoms with van der Waals surface area (Å²) in [5.41, 5.74) is 0.743. The van der Waals surface area contributed by atoms with Gasteiger partial charge in [-0.3, -0.25) is 4.79 Å². The molecule has 0 saturated carbocycles. The van der Waals surface area contributed by atoms with Crippen molar-refractivity contribution in [3.8, 4) is 0 Å². The molecule has 182 valence electrons. The molecule has 0 aliphatic rings. The summed E-state index contributed by atoms with van der Waals surface area (Å²) in [5, 5.41) is 5.25. The van der Waals surface area contributed by atoms with Crippen LogP contribution >= 0.6 is 14.8 Å². The van der Waals surface area contributed by atoms with E-state index in [4.69, 9.17) is 0 Å². The molecule has 5 rings (SSSR count). The Hall–Kier alpha value is -3.50. The molecule has 0 fully saturated rings. The van der Waals surface area contributed by atoms with Gasteiger partial charge in [-0.1, -0.05) is 152 Å². The zero-order valence-corrected chi connectivity index (χ0v) is 22.5. The van der Waals surface area contributed by atoms with Crippen molar-refractivity contribution in [2.75, 3.05) is 12.3 Å². The fourth-order valence-electron chi connectivity index (χ4n) is 4.77. The van der Waals surface area contributed by atoms with Crippen molar-refractivity contribution in [2.24, 2.45) is 0 Å². The SMILES string of the molecule is O=C(C=P(CCP(c1ccccc1)c1ccccc1)(c1ccccc1)c1ccccc1)c1ccccc1. The van der Waals surface area contributed by atoms with E-state index < -0.39 is 14.8 Å². The second kappa shape index (κ2) is 12.2. The largest absolute Gasteiger partial charge is 0.289 e. The van der Waals surface area contributed by atoms with Crippen molar-refractivity contribution in [1.29, 1.82) is 0 Å². The summed E-state index contributed by atoms with van der Waals surface area (Å²) < 4.78 is 0. The first-order chi connectivity index (χ1) is 18.3. The standard InChI is InChI=1S/C34H30OP2/c35-34(29-16-6-1-7-17-29)28-37(32-22-12-4-13-23-32,33-24-14-5-15-25-33)27-26-36(30-18-8-2-9-19-30)31-20-10-3-11-21-31/h1-25,28H,26-27H2. The summed E-state index contributed by atoms with van der Waals surface area (Å²) in [5.74, 6) is 2.18. The Morgan fingerprint density at radius 2 is 0.919 bits per heavy atom. The number of ketones is 1. The molecule has 3 heteroatoms. The zero-order chi connectivity index (χ0) is 25.3. The van der Waals surface area contributed by atoms with Gasteiger partial charge in [0.1, 0.15) is 0 Å². The van der Waals surface area contributed by atoms with Crippen LogP contribution in [0.1, 0.15) is 10.4 Å². The molecule has 5 aromatic rings. The van der Waals surface area contributed by atoms with Gasteiger partial charge in [-0.25, -0.2) is 0 Å². The van der Waals surface area contributed by atoms with Gasteiger partial charge in [0.25, 0.3) is 0 Å². The first-order valence-electron chi connectivity index (χ1n) is 12.6. The Bertz CT molecular complexity index is 1380. The van der Waals surface area contributed by atoms with Gasteiger partial charge in [-0.15, -0.1) is 0 Å². The van der Waals surface area contributed by atoms with Crippen molar-refractivity contribution >= 4 is 47.6 Å². The van der Waals surface area contributed by atoms with Gasteiger partial charge >= 0.3 is 0 Å². The highest BCUT2D eigenvalue weighted by molar-refractivity contribution is 7.90. The van der Waals surface area contributed by atoms with Crippen LogP contribution in [0.5, 0.6) is 0 Å². The summed E-state index contributed by atoms with van der Waals surface area (Å²) in [6.07, 6.45) is 1.93. The van der Waals surface area contributed by atoms with Crippen LogP contribution in [0, 0.1) is 0 Å². The third-order valence-electron chi connectivity index (χ3n) is 6.64. The molecule has 0 saturated heterocycles. The molecule has 0 aliphatic heterocycles. The third kappa shape index (κ3) is 5.91. The molecule has 0 bridgehead atoms. The molecule has 0 N–H and O–H groups in total. The predicted octanol–water partition coefficient (Wildman–Crippen LogP) is 6.47. The predicted molar refractivity (Wildman–Crippen MR) is 165 cm³/mol. The second-order valence-corrected chi connectivity index (χ2v) is 14.8. The molecule has 0 aromatic heterocycles. The Balaban J connectivity index is 1.66. The molecule has 0 aliphatic carbocycles. The van der Waals surface area contributed by atoms with Gasteiger partial charge in [-0.2, -0.15) is 0 Å². The van der Waals surface area contributed by atoms with E-state index in [9.17, 15) is 4.79 Å². The summed E-state index contributed by atoms with van der Waals surface area (Å²) in [4.78, 5) is 13.8. The van der Waals surface area contributed by atoms with E-state index in [1.54, 1.807) is 0 Å². The van der Waals surface area contributed by atoms with E-state index in [2.05, 4.69) is 127 Å². The molecule has 0 heterocycles. The maximum Gasteiger partial charge on any atom is 0.186 e. The first-order valence-corrected chi connectivity index (χ1v) is 16.2. The van der Waals surface area contributed by atoms with Crippen molar-refractivity contribution in [1.82, 2.24) is 0 Å². The van der Waals surface area contributed by atoms with Gasteiger partial charge in [0.2, 0.25) is 0 Å². The van der Waals surface area contributed by atoms with E-state index in [0.717, 1.165) is 17.9 Å². The smallest absolute Gasteiger partial charge is 0.186 e. The van der Waals surface area contributed by atoms with Gasteiger partial charge in [0, 0.05) is 5.56 Å². The number of benzene rings is 5. The minimum atomic E-state index is -2.18. The van der Waals surface area contributed by atoms with Gasteiger partial charge in [0.15, 0.2) is 5.78 Å². The van der Waals surface area contributed by atoms with Crippen molar-refractivity contribution in [3.05, 3.63) is 157 Å². The highest BCUT2D eigenvalue weighted by atomic mass is 31.2. The van der Waals surface area contributed by atoms with Gasteiger partial charge in [0.05, 0.1) is 0 Å². The number of hydrogen-bond donors (Lipinski definition) is 0. The molecule has 1 nitrogen and oxygen atoms in total. The highest BCUT2D eigenvalue weighted by Gasteiger charge is 2.26. The Morgan fingerprint density at radius 1 is 0.541 bits per heavy atom. The Kier molecular flexibility index (Phi) is 8.27. The maximum atomic E-state index is 13.8. The number of carbonyl (C=O) groups is 1. The van der Waals surface area contributed by atoms with Crippen LogP contribution in [0.2, 0.25) is 0 Å². The van der Waals surface area contributed by atoms with Crippen LogP contribution in [0.4, 0.5) is 0 Å². The van der Waals surface area contributed by atoms with Gasteiger partial charge in [-0.05, 0) is 54.1 Å². The lowest BCUT2D eigenvalue weighted by Crippen LogP contribution is -2.26. The van der Waals surface area contributed by atoms with Crippen molar-refractivity contribution in [2.45, 2.75) is 0 Å². The number of hydrogen-bond acceptors (Lipinski definition) is 1. The van der Waals surface area contributed by atoms with E-state index >= 15 is 0 Å². The van der Waals surface area contributed by atoms with Crippen LogP contribution in [0.3, 0.4) is 0 Å². The summed E-state index contributed by atoms with van der Waals surface area (Å²) in [6.45, 7) is -2.18. The molecule has 5 aromatic carbocycles. The van der Waals surface area contributed by atoms with Crippen LogP contribution in [-0.4, -0.2) is 23.9 Å². The van der Waals surface area contributed by atoms with Crippen LogP contribution in [0.25, 0.3) is 0 Å². The summed E-state index contributed by atoms with van der Waals surface area (Å²) in [6, 6.07) is 52.8. The monoisotopic (exact) mass is 516 g/mol. The van der Waals surface area contributed by atoms with E-state index in [1.165, 1.54) is 21.2 Å². The van der Waals surface area contributed by atoms with E-state index in [-0.39, 0.29) is 5.78 Å². The van der Waals surface area contributed by atoms with Crippen LogP contribution in [0.15, 0.2) is 152 Å². The normalized spacial score (nSPS) is 11.3. The van der Waals surface area contributed by atoms with Gasteiger partial charge < -0.3 is 0 Å². The number of carbonyl (C=O) groups excluding carboxylic acids is 1. The summed E-state index contributed by atoms with van der Waals surface area (Å²) >= 11 is 0. The maximum absolute atomic E-state index is 13.8. The Morgan fingerprint density at radius 3 is 1.35 bits per heavy atom. The second-order valence-electron chi connectivity index (χ2n) is 8.95. The quantitative estimate of drug-likeness (QED) is 0.162. The average Bonchev–Trinajstić information content (AvgIpc) is 2.99. The average molecular weight is 517 g/mol. The Labute approximate surface area is 221 Å². The molecule has 0 unspecified atom stereocenters. The molecule has 0 amide bonds. The first kappa shape index (κ1) is 25.2. The minimum absolute atomic E-state index is 0.102. The molecular weight excluding hydrogens is 486 g/mol. The fourth-order valence-corrected chi connectivity index (χ4v) is 11.9. The molecular formula is C34H30OP2. The fraction of sp³-hybridized carbons (Fsp3) is 0.0588. The van der Waals surface area contributed by atoms with E-state index in [1.807, 2.05) is 30.3 Å².